The van der Waals surface area contributed by atoms with Crippen molar-refractivity contribution in [2.75, 3.05) is 20.1 Å². The van der Waals surface area contributed by atoms with Gasteiger partial charge in [-0.1, -0.05) is 0 Å². The lowest BCUT2D eigenvalue weighted by Gasteiger charge is -2.29. The van der Waals surface area contributed by atoms with Crippen LogP contribution in [0.1, 0.15) is 39.5 Å². The average Bonchev–Trinajstić information content (AvgIpc) is 2.36. The monoisotopic (exact) mass is 269 g/mol. The van der Waals surface area contributed by atoms with Crippen molar-refractivity contribution in [2.45, 2.75) is 45.6 Å². The van der Waals surface area contributed by atoms with Crippen molar-refractivity contribution in [3.8, 4) is 0 Å². The molecule has 3 N–H and O–H groups in total. The summed E-state index contributed by atoms with van der Waals surface area (Å²) >= 11 is 0. The fourth-order valence-corrected chi connectivity index (χ4v) is 2.62. The van der Waals surface area contributed by atoms with Gasteiger partial charge in [-0.15, -0.1) is 0 Å². The van der Waals surface area contributed by atoms with Crippen LogP contribution in [0.5, 0.6) is 0 Å². The number of hydrogen-bond acceptors (Lipinski definition) is 3. The van der Waals surface area contributed by atoms with E-state index in [-0.39, 0.29) is 30.3 Å². The second kappa shape index (κ2) is 7.48. The Kier molecular flexibility index (Phi) is 6.28. The van der Waals surface area contributed by atoms with Gasteiger partial charge in [0.25, 0.3) is 0 Å². The van der Waals surface area contributed by atoms with Crippen molar-refractivity contribution < 1.29 is 9.59 Å². The molecule has 0 unspecified atom stereocenters. The van der Waals surface area contributed by atoms with E-state index in [0.717, 1.165) is 25.7 Å². The Labute approximate surface area is 115 Å². The molecule has 0 heterocycles. The van der Waals surface area contributed by atoms with Crippen LogP contribution in [-0.4, -0.2) is 42.9 Å². The first-order valence-corrected chi connectivity index (χ1v) is 7.18. The van der Waals surface area contributed by atoms with Gasteiger partial charge in [-0.05, 0) is 52.0 Å². The lowest BCUT2D eigenvalue weighted by atomic mass is 9.81. The highest BCUT2D eigenvalue weighted by atomic mass is 16.2. The maximum atomic E-state index is 12.2. The number of rotatable bonds is 5. The Bertz CT molecular complexity index is 310. The van der Waals surface area contributed by atoms with E-state index < -0.39 is 0 Å². The van der Waals surface area contributed by atoms with E-state index in [1.54, 1.807) is 11.9 Å². The van der Waals surface area contributed by atoms with E-state index in [2.05, 4.69) is 5.32 Å². The van der Waals surface area contributed by atoms with Gasteiger partial charge in [0, 0.05) is 19.0 Å². The Morgan fingerprint density at radius 2 is 1.84 bits per heavy atom. The largest absolute Gasteiger partial charge is 0.352 e. The minimum Gasteiger partial charge on any atom is -0.352 e. The van der Waals surface area contributed by atoms with Crippen molar-refractivity contribution in [1.29, 1.82) is 0 Å². The molecule has 0 bridgehead atoms. The van der Waals surface area contributed by atoms with E-state index in [1.807, 2.05) is 13.8 Å². The highest BCUT2D eigenvalue weighted by molar-refractivity contribution is 5.85. The third kappa shape index (κ3) is 5.19. The average molecular weight is 269 g/mol. The molecular weight excluding hydrogens is 242 g/mol. The molecule has 2 amide bonds. The van der Waals surface area contributed by atoms with Gasteiger partial charge in [-0.3, -0.25) is 9.59 Å². The van der Waals surface area contributed by atoms with Crippen molar-refractivity contribution in [1.82, 2.24) is 10.2 Å². The lowest BCUT2D eigenvalue weighted by Crippen LogP contribution is -2.43. The molecule has 1 fully saturated rings. The summed E-state index contributed by atoms with van der Waals surface area (Å²) in [6.07, 6.45) is 3.85. The summed E-state index contributed by atoms with van der Waals surface area (Å²) in [6.45, 7) is 4.68. The van der Waals surface area contributed by atoms with Gasteiger partial charge in [-0.2, -0.15) is 0 Å². The van der Waals surface area contributed by atoms with Gasteiger partial charge in [0.2, 0.25) is 11.8 Å². The molecule has 19 heavy (non-hydrogen) atoms. The molecule has 110 valence electrons. The molecule has 1 aliphatic rings. The molecule has 0 aromatic rings. The predicted octanol–water partition coefficient (Wildman–Crippen LogP) is 0.735. The summed E-state index contributed by atoms with van der Waals surface area (Å²) < 4.78 is 0. The number of nitrogens with two attached hydrogens (primary N) is 1. The molecule has 0 radical (unpaired) electrons. The van der Waals surface area contributed by atoms with Crippen LogP contribution in [0.4, 0.5) is 0 Å². The van der Waals surface area contributed by atoms with Crippen LogP contribution in [0.25, 0.3) is 0 Å². The molecule has 5 heteroatoms. The summed E-state index contributed by atoms with van der Waals surface area (Å²) in [7, 11) is 1.71. The number of nitrogens with zero attached hydrogens (tertiary/aromatic N) is 1. The van der Waals surface area contributed by atoms with Crippen molar-refractivity contribution in [3.05, 3.63) is 0 Å². The summed E-state index contributed by atoms with van der Waals surface area (Å²) in [4.78, 5) is 25.4. The van der Waals surface area contributed by atoms with E-state index in [1.165, 1.54) is 0 Å². The van der Waals surface area contributed by atoms with E-state index in [0.29, 0.717) is 12.5 Å². The van der Waals surface area contributed by atoms with Gasteiger partial charge in [0.15, 0.2) is 0 Å². The fraction of sp³-hybridized carbons (Fsp3) is 0.857. The number of nitrogens with one attached hydrogen (secondary N) is 1. The SMILES string of the molecule is CC(C)NC(=O)CN(C)C(=O)C1CCC(CN)CC1. The topological polar surface area (TPSA) is 75.4 Å². The van der Waals surface area contributed by atoms with E-state index >= 15 is 0 Å². The molecule has 0 aliphatic heterocycles. The van der Waals surface area contributed by atoms with Gasteiger partial charge >= 0.3 is 0 Å². The van der Waals surface area contributed by atoms with Crippen LogP contribution >= 0.6 is 0 Å². The number of amides is 2. The summed E-state index contributed by atoms with van der Waals surface area (Å²) in [5.41, 5.74) is 5.65. The van der Waals surface area contributed by atoms with Gasteiger partial charge in [-0.25, -0.2) is 0 Å². The Morgan fingerprint density at radius 3 is 2.32 bits per heavy atom. The van der Waals surface area contributed by atoms with Gasteiger partial charge < -0.3 is 16.0 Å². The molecule has 0 aromatic carbocycles. The zero-order valence-corrected chi connectivity index (χ0v) is 12.3. The molecule has 0 spiro atoms. The molecule has 0 atom stereocenters. The minimum atomic E-state index is -0.0958. The number of carbonyl (C=O) groups is 2. The molecule has 1 aliphatic carbocycles. The zero-order valence-electron chi connectivity index (χ0n) is 12.3. The summed E-state index contributed by atoms with van der Waals surface area (Å²) in [5, 5.41) is 2.80. The van der Waals surface area contributed by atoms with Gasteiger partial charge in [0.05, 0.1) is 6.54 Å². The first kappa shape index (κ1) is 16.0. The summed E-state index contributed by atoms with van der Waals surface area (Å²) in [5.74, 6) is 0.633. The Morgan fingerprint density at radius 1 is 1.26 bits per heavy atom. The molecule has 0 saturated heterocycles. The standard InChI is InChI=1S/C14H27N3O2/c1-10(2)16-13(18)9-17(3)14(19)12-6-4-11(8-15)5-7-12/h10-12H,4-9,15H2,1-3H3,(H,16,18). The molecule has 1 saturated carbocycles. The molecule has 0 aromatic heterocycles. The van der Waals surface area contributed by atoms with Crippen molar-refractivity contribution in [2.24, 2.45) is 17.6 Å². The van der Waals surface area contributed by atoms with Crippen LogP contribution < -0.4 is 11.1 Å². The van der Waals surface area contributed by atoms with Crippen LogP contribution in [0.3, 0.4) is 0 Å². The van der Waals surface area contributed by atoms with Crippen molar-refractivity contribution in [3.63, 3.8) is 0 Å². The molecule has 1 rings (SSSR count). The lowest BCUT2D eigenvalue weighted by molar-refractivity contribution is -0.139. The zero-order chi connectivity index (χ0) is 14.4. The summed E-state index contributed by atoms with van der Waals surface area (Å²) in [6, 6.07) is 0.107. The Balaban J connectivity index is 2.38. The molecule has 5 nitrogen and oxygen atoms in total. The number of carbonyl (C=O) groups excluding carboxylic acids is 2. The maximum absolute atomic E-state index is 12.2. The smallest absolute Gasteiger partial charge is 0.239 e. The van der Waals surface area contributed by atoms with E-state index in [4.69, 9.17) is 5.73 Å². The minimum absolute atomic E-state index is 0.0691. The van der Waals surface area contributed by atoms with E-state index in [9.17, 15) is 9.59 Å². The van der Waals surface area contributed by atoms with Crippen molar-refractivity contribution >= 4 is 11.8 Å². The molecular formula is C14H27N3O2. The quantitative estimate of drug-likeness (QED) is 0.773. The third-order valence-corrected chi connectivity index (χ3v) is 3.74. The third-order valence-electron chi connectivity index (χ3n) is 3.74. The fourth-order valence-electron chi connectivity index (χ4n) is 2.62. The van der Waals surface area contributed by atoms with Crippen LogP contribution in [0.2, 0.25) is 0 Å². The maximum Gasteiger partial charge on any atom is 0.239 e. The highest BCUT2D eigenvalue weighted by Crippen LogP contribution is 2.29. The normalized spacial score (nSPS) is 23.2. The van der Waals surface area contributed by atoms with Crippen LogP contribution in [-0.2, 0) is 9.59 Å². The first-order chi connectivity index (χ1) is 8.93. The Hall–Kier alpha value is -1.10. The number of hydrogen-bond donors (Lipinski definition) is 2. The van der Waals surface area contributed by atoms with Gasteiger partial charge in [0.1, 0.15) is 0 Å². The van der Waals surface area contributed by atoms with Crippen LogP contribution in [0, 0.1) is 11.8 Å². The predicted molar refractivity (Wildman–Crippen MR) is 75.4 cm³/mol. The highest BCUT2D eigenvalue weighted by Gasteiger charge is 2.28. The first-order valence-electron chi connectivity index (χ1n) is 7.18. The second-order valence-electron chi connectivity index (χ2n) is 5.87. The number of likely N-dealkylation sites (N-methyl/N-ethyl adjacent to an activating group) is 1. The second-order valence-corrected chi connectivity index (χ2v) is 5.87. The van der Waals surface area contributed by atoms with Crippen LogP contribution in [0.15, 0.2) is 0 Å².